The topological polar surface area (TPSA) is 66.4 Å². The molecule has 0 radical (unpaired) electrons. The van der Waals surface area contributed by atoms with Crippen LogP contribution in [0.2, 0.25) is 0 Å². The van der Waals surface area contributed by atoms with Crippen LogP contribution in [0, 0.1) is 25.7 Å². The number of nitrogens with one attached hydrogen (secondary N) is 1. The van der Waals surface area contributed by atoms with Crippen molar-refractivity contribution in [2.45, 2.75) is 46.0 Å². The molecule has 1 amide bonds. The molecule has 1 aliphatic rings. The van der Waals surface area contributed by atoms with Gasteiger partial charge in [0.25, 0.3) is 0 Å². The monoisotopic (exact) mass is 303 g/mol. The first kappa shape index (κ1) is 16.5. The summed E-state index contributed by atoms with van der Waals surface area (Å²) in [5, 5.41) is 12.0. The maximum absolute atomic E-state index is 12.1. The van der Waals surface area contributed by atoms with Crippen molar-refractivity contribution in [2.24, 2.45) is 11.8 Å². The molecule has 0 spiro atoms. The molecule has 1 aromatic carbocycles. The average molecular weight is 303 g/mol. The number of amides is 1. The number of aliphatic carboxylic acids is 1. The van der Waals surface area contributed by atoms with Crippen molar-refractivity contribution in [1.29, 1.82) is 0 Å². The van der Waals surface area contributed by atoms with Crippen LogP contribution in [0.3, 0.4) is 0 Å². The van der Waals surface area contributed by atoms with Crippen molar-refractivity contribution in [1.82, 2.24) is 5.32 Å². The SMILES string of the molecule is Cc1cc(C)cc(CCNC(=O)C2CCC(C(=O)O)CC2)c1. The minimum Gasteiger partial charge on any atom is -0.481 e. The molecule has 0 atom stereocenters. The van der Waals surface area contributed by atoms with Gasteiger partial charge in [0.05, 0.1) is 5.92 Å². The summed E-state index contributed by atoms with van der Waals surface area (Å²) in [5.74, 6) is -0.934. The van der Waals surface area contributed by atoms with Crippen LogP contribution >= 0.6 is 0 Å². The van der Waals surface area contributed by atoms with Crippen molar-refractivity contribution in [2.75, 3.05) is 6.54 Å². The summed E-state index contributed by atoms with van der Waals surface area (Å²) in [6.07, 6.45) is 3.44. The van der Waals surface area contributed by atoms with Crippen LogP contribution in [0.15, 0.2) is 18.2 Å². The van der Waals surface area contributed by atoms with Crippen molar-refractivity contribution in [3.05, 3.63) is 34.9 Å². The Labute approximate surface area is 131 Å². The van der Waals surface area contributed by atoms with Crippen LogP contribution in [-0.2, 0) is 16.0 Å². The maximum atomic E-state index is 12.1. The zero-order valence-corrected chi connectivity index (χ0v) is 13.4. The van der Waals surface area contributed by atoms with Gasteiger partial charge < -0.3 is 10.4 Å². The third kappa shape index (κ3) is 4.58. The second kappa shape index (κ2) is 7.43. The van der Waals surface area contributed by atoms with E-state index in [1.54, 1.807) is 0 Å². The molecule has 0 saturated heterocycles. The third-order valence-electron chi connectivity index (χ3n) is 4.44. The predicted molar refractivity (Wildman–Crippen MR) is 85.7 cm³/mol. The van der Waals surface area contributed by atoms with E-state index in [-0.39, 0.29) is 17.7 Å². The Morgan fingerprint density at radius 2 is 1.59 bits per heavy atom. The fourth-order valence-electron chi connectivity index (χ4n) is 3.29. The molecule has 0 bridgehead atoms. The fourth-order valence-corrected chi connectivity index (χ4v) is 3.29. The van der Waals surface area contributed by atoms with E-state index in [0.29, 0.717) is 32.2 Å². The molecule has 2 rings (SSSR count). The van der Waals surface area contributed by atoms with Crippen LogP contribution < -0.4 is 5.32 Å². The Morgan fingerprint density at radius 3 is 2.14 bits per heavy atom. The first-order chi connectivity index (χ1) is 10.5. The molecular formula is C18H25NO3. The van der Waals surface area contributed by atoms with Gasteiger partial charge in [0.1, 0.15) is 0 Å². The summed E-state index contributed by atoms with van der Waals surface area (Å²) in [6, 6.07) is 6.44. The lowest BCUT2D eigenvalue weighted by molar-refractivity contribution is -0.144. The average Bonchev–Trinajstić information content (AvgIpc) is 2.46. The number of carbonyl (C=O) groups excluding carboxylic acids is 1. The van der Waals surface area contributed by atoms with Crippen LogP contribution in [-0.4, -0.2) is 23.5 Å². The molecule has 0 heterocycles. The second-order valence-electron chi connectivity index (χ2n) is 6.42. The molecule has 120 valence electrons. The lowest BCUT2D eigenvalue weighted by Crippen LogP contribution is -2.35. The molecule has 0 aromatic heterocycles. The summed E-state index contributed by atoms with van der Waals surface area (Å²) >= 11 is 0. The summed E-state index contributed by atoms with van der Waals surface area (Å²) in [7, 11) is 0. The Kier molecular flexibility index (Phi) is 5.58. The number of carbonyl (C=O) groups is 2. The summed E-state index contributed by atoms with van der Waals surface area (Å²) in [4.78, 5) is 23.1. The zero-order valence-electron chi connectivity index (χ0n) is 13.4. The van der Waals surface area contributed by atoms with Crippen molar-refractivity contribution in [3.8, 4) is 0 Å². The Morgan fingerprint density at radius 1 is 1.05 bits per heavy atom. The largest absolute Gasteiger partial charge is 0.481 e. The van der Waals surface area contributed by atoms with Gasteiger partial charge in [-0.25, -0.2) is 0 Å². The molecule has 0 aliphatic heterocycles. The lowest BCUT2D eigenvalue weighted by atomic mass is 9.81. The fraction of sp³-hybridized carbons (Fsp3) is 0.556. The number of carboxylic acids is 1. The molecule has 4 heteroatoms. The van der Waals surface area contributed by atoms with Gasteiger partial charge in [-0.2, -0.15) is 0 Å². The number of benzene rings is 1. The quantitative estimate of drug-likeness (QED) is 0.879. The molecule has 2 N–H and O–H groups in total. The van der Waals surface area contributed by atoms with E-state index in [4.69, 9.17) is 5.11 Å². The van der Waals surface area contributed by atoms with E-state index >= 15 is 0 Å². The van der Waals surface area contributed by atoms with E-state index in [9.17, 15) is 9.59 Å². The number of hydrogen-bond donors (Lipinski definition) is 2. The third-order valence-corrected chi connectivity index (χ3v) is 4.44. The van der Waals surface area contributed by atoms with E-state index < -0.39 is 5.97 Å². The normalized spacial score (nSPS) is 21.4. The van der Waals surface area contributed by atoms with Crippen LogP contribution in [0.5, 0.6) is 0 Å². The molecular weight excluding hydrogens is 278 g/mol. The van der Waals surface area contributed by atoms with Gasteiger partial charge in [-0.15, -0.1) is 0 Å². The van der Waals surface area contributed by atoms with E-state index in [1.807, 2.05) is 0 Å². The molecule has 1 aromatic rings. The minimum atomic E-state index is -0.728. The summed E-state index contributed by atoms with van der Waals surface area (Å²) in [6.45, 7) is 4.80. The summed E-state index contributed by atoms with van der Waals surface area (Å²) < 4.78 is 0. The lowest BCUT2D eigenvalue weighted by Gasteiger charge is -2.25. The van der Waals surface area contributed by atoms with Gasteiger partial charge in [-0.1, -0.05) is 29.3 Å². The van der Waals surface area contributed by atoms with Crippen LogP contribution in [0.25, 0.3) is 0 Å². The van der Waals surface area contributed by atoms with Gasteiger partial charge in [0.2, 0.25) is 5.91 Å². The highest BCUT2D eigenvalue weighted by Gasteiger charge is 2.29. The summed E-state index contributed by atoms with van der Waals surface area (Å²) in [5.41, 5.74) is 3.73. The first-order valence-corrected chi connectivity index (χ1v) is 8.03. The predicted octanol–water partition coefficient (Wildman–Crippen LogP) is 2.85. The molecule has 0 unspecified atom stereocenters. The second-order valence-corrected chi connectivity index (χ2v) is 6.42. The Balaban J connectivity index is 1.75. The highest BCUT2D eigenvalue weighted by molar-refractivity contribution is 5.79. The van der Waals surface area contributed by atoms with Gasteiger partial charge in [-0.3, -0.25) is 9.59 Å². The standard InChI is InChI=1S/C18H25NO3/c1-12-9-13(2)11-14(10-12)7-8-19-17(20)15-3-5-16(6-4-15)18(21)22/h9-11,15-16H,3-8H2,1-2H3,(H,19,20)(H,21,22). The number of aryl methyl sites for hydroxylation is 2. The van der Waals surface area contributed by atoms with E-state index in [0.717, 1.165) is 6.42 Å². The highest BCUT2D eigenvalue weighted by atomic mass is 16.4. The smallest absolute Gasteiger partial charge is 0.306 e. The van der Waals surface area contributed by atoms with Crippen molar-refractivity contribution in [3.63, 3.8) is 0 Å². The van der Waals surface area contributed by atoms with Crippen LogP contribution in [0.4, 0.5) is 0 Å². The maximum Gasteiger partial charge on any atom is 0.306 e. The van der Waals surface area contributed by atoms with Gasteiger partial charge in [0, 0.05) is 12.5 Å². The minimum absolute atomic E-state index is 0.0187. The molecule has 4 nitrogen and oxygen atoms in total. The zero-order chi connectivity index (χ0) is 16.1. The van der Waals surface area contributed by atoms with Crippen molar-refractivity contribution < 1.29 is 14.7 Å². The van der Waals surface area contributed by atoms with Crippen LogP contribution in [0.1, 0.15) is 42.4 Å². The Hall–Kier alpha value is -1.84. The number of carboxylic acid groups (broad SMARTS) is 1. The number of rotatable bonds is 5. The molecule has 22 heavy (non-hydrogen) atoms. The Bertz CT molecular complexity index is 525. The van der Waals surface area contributed by atoms with Gasteiger partial charge in [-0.05, 0) is 51.5 Å². The van der Waals surface area contributed by atoms with Gasteiger partial charge >= 0.3 is 5.97 Å². The van der Waals surface area contributed by atoms with Crippen molar-refractivity contribution >= 4 is 11.9 Å². The molecule has 1 fully saturated rings. The van der Waals surface area contributed by atoms with Gasteiger partial charge in [0.15, 0.2) is 0 Å². The van der Waals surface area contributed by atoms with E-state index in [1.165, 1.54) is 16.7 Å². The highest BCUT2D eigenvalue weighted by Crippen LogP contribution is 2.28. The number of hydrogen-bond acceptors (Lipinski definition) is 2. The molecule has 1 aliphatic carbocycles. The molecule has 1 saturated carbocycles. The first-order valence-electron chi connectivity index (χ1n) is 8.03. The van der Waals surface area contributed by atoms with E-state index in [2.05, 4.69) is 37.4 Å².